The van der Waals surface area contributed by atoms with Gasteiger partial charge < -0.3 is 25.6 Å². The molecule has 0 radical (unpaired) electrons. The minimum atomic E-state index is -1.12. The Balaban J connectivity index is 1.07. The molecule has 0 aliphatic carbocycles. The van der Waals surface area contributed by atoms with Gasteiger partial charge in [-0.15, -0.1) is 0 Å². The molecule has 7 rings (SSSR count). The van der Waals surface area contributed by atoms with Crippen molar-refractivity contribution in [2.45, 2.75) is 137 Å². The molecule has 4 N–H and O–H groups in total. The maximum atomic E-state index is 13.3. The van der Waals surface area contributed by atoms with Gasteiger partial charge in [-0.3, -0.25) is 0 Å². The molecule has 0 fully saturated rings. The number of benzene rings is 7. The van der Waals surface area contributed by atoms with Crippen molar-refractivity contribution in [3.8, 4) is 45.9 Å². The lowest BCUT2D eigenvalue weighted by atomic mass is 9.70. The van der Waals surface area contributed by atoms with Gasteiger partial charge in [0.1, 0.15) is 12.2 Å². The Morgan fingerprint density at radius 1 is 0.519 bits per heavy atom. The van der Waals surface area contributed by atoms with Crippen molar-refractivity contribution in [3.05, 3.63) is 213 Å². The highest BCUT2D eigenvalue weighted by Gasteiger charge is 2.34. The van der Waals surface area contributed by atoms with E-state index in [1.165, 1.54) is 11.1 Å². The van der Waals surface area contributed by atoms with Crippen LogP contribution in [0.15, 0.2) is 152 Å². The first-order chi connectivity index (χ1) is 37.2. The molecule has 0 saturated heterocycles. The van der Waals surface area contributed by atoms with E-state index >= 15 is 0 Å². The van der Waals surface area contributed by atoms with Crippen LogP contribution in [0.25, 0.3) is 22.3 Å². The lowest BCUT2D eigenvalue weighted by molar-refractivity contribution is 0.0397. The van der Waals surface area contributed by atoms with Crippen molar-refractivity contribution >= 4 is 23.3 Å². The summed E-state index contributed by atoms with van der Waals surface area (Å²) < 4.78 is 5.31. The quantitative estimate of drug-likeness (QED) is 0.0518. The fourth-order valence-electron chi connectivity index (χ4n) is 9.82. The molecule has 0 saturated carbocycles. The maximum Gasteiger partial charge on any atom is 0.346 e. The standard InChI is InChI=1S/C72H80N2O5/c1-47(2)46-74-66-58(51-23-19-16-20-24-51)45-59(63(71(9,10)11)64(66)72(12,13)14)62(76)40-30-50-27-33-54(34-28-50)68(78)79-67(77)53-31-25-49(26-32-53)29-39-61(75)55-43-57(52-35-37-56(38-36-52)69(3,4)5)65(60(44-55)70(6,7)8)73-42-41-48-21-17-15-18-22-48/h15-28,31-38,43-45,47,61-62,73-76H,41-42,46H2,1-14H3. The van der Waals surface area contributed by atoms with E-state index in [1.807, 2.05) is 30.3 Å². The highest BCUT2D eigenvalue weighted by molar-refractivity contribution is 6.02. The van der Waals surface area contributed by atoms with Gasteiger partial charge in [0, 0.05) is 46.7 Å². The summed E-state index contributed by atoms with van der Waals surface area (Å²) in [6.07, 6.45) is -1.37. The first-order valence-electron chi connectivity index (χ1n) is 27.6. The molecular weight excluding hydrogens is 973 g/mol. The van der Waals surface area contributed by atoms with Crippen LogP contribution in [0, 0.1) is 29.6 Å². The van der Waals surface area contributed by atoms with Crippen LogP contribution in [0.5, 0.6) is 0 Å². The Hall–Kier alpha value is -7.68. The number of carbonyl (C=O) groups excluding carboxylic acids is 2. The molecule has 0 heterocycles. The first-order valence-corrected chi connectivity index (χ1v) is 27.6. The number of hydrogen-bond acceptors (Lipinski definition) is 7. The second-order valence-electron chi connectivity index (χ2n) is 25.2. The summed E-state index contributed by atoms with van der Waals surface area (Å²) in [5.74, 6) is 11.2. The summed E-state index contributed by atoms with van der Waals surface area (Å²) >= 11 is 0. The number of aliphatic hydroxyl groups excluding tert-OH is 2. The fraction of sp³-hybridized carbons (Fsp3) is 0.333. The van der Waals surface area contributed by atoms with E-state index in [9.17, 15) is 19.8 Å². The summed E-state index contributed by atoms with van der Waals surface area (Å²) in [4.78, 5) is 26.6. The minimum absolute atomic E-state index is 0.00212. The number of aliphatic hydroxyl groups is 2. The van der Waals surface area contributed by atoms with Crippen LogP contribution < -0.4 is 10.6 Å². The second-order valence-corrected chi connectivity index (χ2v) is 25.2. The second kappa shape index (κ2) is 24.6. The van der Waals surface area contributed by atoms with Crippen molar-refractivity contribution in [1.29, 1.82) is 0 Å². The van der Waals surface area contributed by atoms with Crippen LogP contribution in [0.1, 0.15) is 180 Å². The molecule has 7 heteroatoms. The SMILES string of the molecule is CC(C)CNc1c(-c2ccccc2)cc(C(O)C#Cc2ccc(C(=O)OC(=O)c3ccc(C#CC(O)c4cc(-c5ccc(C(C)(C)C)cc5)c(NCCc5ccccc5)c(C(C)(C)C)c4)cc3)cc2)c(C(C)(C)C)c1C(C)(C)C. The topological polar surface area (TPSA) is 108 Å². The predicted molar refractivity (Wildman–Crippen MR) is 327 cm³/mol. The van der Waals surface area contributed by atoms with Gasteiger partial charge in [0.25, 0.3) is 0 Å². The van der Waals surface area contributed by atoms with Crippen LogP contribution in [0.3, 0.4) is 0 Å². The number of nitrogens with one attached hydrogen (secondary N) is 2. The molecule has 0 spiro atoms. The maximum absolute atomic E-state index is 13.3. The summed E-state index contributed by atoms with van der Waals surface area (Å²) in [5.41, 5.74) is 14.0. The monoisotopic (exact) mass is 1050 g/mol. The summed E-state index contributed by atoms with van der Waals surface area (Å²) in [6, 6.07) is 48.5. The van der Waals surface area contributed by atoms with Gasteiger partial charge in [0.05, 0.1) is 11.1 Å². The minimum Gasteiger partial charge on any atom is -0.386 e. The van der Waals surface area contributed by atoms with Crippen LogP contribution >= 0.6 is 0 Å². The number of ether oxygens (including phenoxy) is 1. The van der Waals surface area contributed by atoms with Gasteiger partial charge in [-0.05, 0) is 151 Å². The Morgan fingerprint density at radius 3 is 1.51 bits per heavy atom. The molecule has 2 unspecified atom stereocenters. The summed E-state index contributed by atoms with van der Waals surface area (Å²) in [7, 11) is 0. The van der Waals surface area contributed by atoms with Crippen LogP contribution in [-0.2, 0) is 32.8 Å². The third-order valence-electron chi connectivity index (χ3n) is 14.0. The zero-order valence-corrected chi connectivity index (χ0v) is 48.9. The molecule has 0 aliphatic rings. The van der Waals surface area contributed by atoms with Gasteiger partial charge in [-0.1, -0.05) is 206 Å². The third kappa shape index (κ3) is 15.1. The lowest BCUT2D eigenvalue weighted by Gasteiger charge is -2.37. The smallest absolute Gasteiger partial charge is 0.346 e. The van der Waals surface area contributed by atoms with Crippen molar-refractivity contribution in [2.75, 3.05) is 23.7 Å². The Bertz CT molecular complexity index is 3380. The molecule has 7 aromatic carbocycles. The number of carbonyl (C=O) groups is 2. The third-order valence-corrected chi connectivity index (χ3v) is 14.0. The predicted octanol–water partition coefficient (Wildman–Crippen LogP) is 16.1. The van der Waals surface area contributed by atoms with Gasteiger partial charge >= 0.3 is 11.9 Å². The van der Waals surface area contributed by atoms with Crippen molar-refractivity contribution in [2.24, 2.45) is 5.92 Å². The molecule has 0 amide bonds. The molecule has 0 aliphatic heterocycles. The number of rotatable bonds is 13. The highest BCUT2D eigenvalue weighted by Crippen LogP contribution is 2.47. The van der Waals surface area contributed by atoms with E-state index in [-0.39, 0.29) is 32.8 Å². The van der Waals surface area contributed by atoms with Gasteiger partial charge in [0.2, 0.25) is 0 Å². The van der Waals surface area contributed by atoms with Gasteiger partial charge in [-0.2, -0.15) is 0 Å². The summed E-state index contributed by atoms with van der Waals surface area (Å²) in [5, 5.41) is 31.3. The Morgan fingerprint density at radius 2 is 1.01 bits per heavy atom. The van der Waals surface area contributed by atoms with E-state index in [4.69, 9.17) is 4.74 Å². The Kier molecular flexibility index (Phi) is 18.3. The molecule has 2 atom stereocenters. The molecule has 79 heavy (non-hydrogen) atoms. The molecular formula is C72H80N2O5. The molecule has 0 aromatic heterocycles. The molecule has 0 bridgehead atoms. The van der Waals surface area contributed by atoms with E-state index in [0.717, 1.165) is 75.4 Å². The van der Waals surface area contributed by atoms with Crippen molar-refractivity contribution in [1.82, 2.24) is 0 Å². The van der Waals surface area contributed by atoms with E-state index in [0.29, 0.717) is 22.6 Å². The normalized spacial score (nSPS) is 12.6. The molecule has 7 aromatic rings. The van der Waals surface area contributed by atoms with Gasteiger partial charge in [-0.25, -0.2) is 9.59 Å². The Labute approximate surface area is 471 Å². The number of esters is 2. The van der Waals surface area contributed by atoms with E-state index < -0.39 is 24.1 Å². The largest absolute Gasteiger partial charge is 0.386 e. The van der Waals surface area contributed by atoms with E-state index in [2.05, 4.69) is 204 Å². The number of hydrogen-bond donors (Lipinski definition) is 4. The molecule has 7 nitrogen and oxygen atoms in total. The van der Waals surface area contributed by atoms with Crippen LogP contribution in [-0.4, -0.2) is 35.2 Å². The van der Waals surface area contributed by atoms with Gasteiger partial charge in [0.15, 0.2) is 0 Å². The average molecular weight is 1050 g/mol. The highest BCUT2D eigenvalue weighted by atomic mass is 16.6. The van der Waals surface area contributed by atoms with Crippen LogP contribution in [0.2, 0.25) is 0 Å². The summed E-state index contributed by atoms with van der Waals surface area (Å²) in [6.45, 7) is 32.2. The first kappa shape index (κ1) is 59.0. The van der Waals surface area contributed by atoms with Crippen molar-refractivity contribution in [3.63, 3.8) is 0 Å². The van der Waals surface area contributed by atoms with E-state index in [1.54, 1.807) is 48.5 Å². The lowest BCUT2D eigenvalue weighted by Crippen LogP contribution is -2.27. The molecule has 408 valence electrons. The zero-order chi connectivity index (χ0) is 57.5. The van der Waals surface area contributed by atoms with Crippen molar-refractivity contribution < 1.29 is 24.5 Å². The van der Waals surface area contributed by atoms with Crippen LogP contribution in [0.4, 0.5) is 11.4 Å². The zero-order valence-electron chi connectivity index (χ0n) is 48.9. The average Bonchev–Trinajstić information content (AvgIpc) is 3.54. The number of anilines is 2. The fourth-order valence-corrected chi connectivity index (χ4v) is 9.82.